The molecule has 0 fully saturated rings. The molecule has 0 bridgehead atoms. The lowest BCUT2D eigenvalue weighted by Gasteiger charge is -2.04. The molecular formula is C9H10N8S. The molecule has 92 valence electrons. The van der Waals surface area contributed by atoms with Gasteiger partial charge in [-0.25, -0.2) is 9.97 Å². The monoisotopic (exact) mass is 262 g/mol. The van der Waals surface area contributed by atoms with Crippen LogP contribution in [0.4, 0.5) is 5.95 Å². The molecule has 0 aliphatic rings. The van der Waals surface area contributed by atoms with E-state index in [2.05, 4.69) is 40.7 Å². The summed E-state index contributed by atoms with van der Waals surface area (Å²) < 4.78 is 0. The van der Waals surface area contributed by atoms with Crippen molar-refractivity contribution in [3.05, 3.63) is 12.5 Å². The minimum atomic E-state index is 0.566. The van der Waals surface area contributed by atoms with E-state index in [0.29, 0.717) is 16.8 Å². The van der Waals surface area contributed by atoms with Crippen LogP contribution in [0.1, 0.15) is 6.92 Å². The smallest absolute Gasteiger partial charge is 0.225 e. The number of H-pyrrole nitrogens is 2. The Morgan fingerprint density at radius 2 is 2.22 bits per heavy atom. The highest BCUT2D eigenvalue weighted by atomic mass is 32.2. The van der Waals surface area contributed by atoms with E-state index in [4.69, 9.17) is 0 Å². The number of hydrogen-bond donors (Lipinski definition) is 3. The van der Waals surface area contributed by atoms with Crippen LogP contribution >= 0.6 is 11.8 Å². The third kappa shape index (κ3) is 1.99. The normalized spacial score (nSPS) is 10.9. The molecule has 0 saturated carbocycles. The van der Waals surface area contributed by atoms with Crippen LogP contribution in [0.3, 0.4) is 0 Å². The highest BCUT2D eigenvalue weighted by Crippen LogP contribution is 2.28. The Labute approximate surface area is 106 Å². The van der Waals surface area contributed by atoms with E-state index < -0.39 is 0 Å². The van der Waals surface area contributed by atoms with Gasteiger partial charge in [0.1, 0.15) is 11.4 Å². The third-order valence-corrected chi connectivity index (χ3v) is 3.09. The zero-order valence-corrected chi connectivity index (χ0v) is 10.3. The van der Waals surface area contributed by atoms with Gasteiger partial charge in [0.15, 0.2) is 10.8 Å². The Morgan fingerprint density at radius 1 is 1.28 bits per heavy atom. The highest BCUT2D eigenvalue weighted by molar-refractivity contribution is 7.99. The standard InChI is InChI=1S/C9H10N8S/c1-2-10-8-14-6-5(3-12-16-6)7(15-8)18-9-11-4-13-17-9/h3-4H,2H2,1H3,(H,11,13,17)(H2,10,12,14,15,16). The second-order valence-corrected chi connectivity index (χ2v) is 4.39. The first-order chi connectivity index (χ1) is 8.86. The molecule has 0 aliphatic heterocycles. The van der Waals surface area contributed by atoms with Crippen molar-refractivity contribution in [2.75, 3.05) is 11.9 Å². The maximum absolute atomic E-state index is 4.43. The zero-order chi connectivity index (χ0) is 12.4. The fraction of sp³-hybridized carbons (Fsp3) is 0.222. The molecular weight excluding hydrogens is 252 g/mol. The summed E-state index contributed by atoms with van der Waals surface area (Å²) in [5.41, 5.74) is 0.697. The molecule has 0 spiro atoms. The van der Waals surface area contributed by atoms with Gasteiger partial charge in [-0.15, -0.1) is 0 Å². The summed E-state index contributed by atoms with van der Waals surface area (Å²) in [6.07, 6.45) is 3.16. The van der Waals surface area contributed by atoms with E-state index in [1.807, 2.05) is 6.92 Å². The van der Waals surface area contributed by atoms with Crippen LogP contribution in [0.15, 0.2) is 22.7 Å². The number of nitrogens with zero attached hydrogens (tertiary/aromatic N) is 5. The summed E-state index contributed by atoms with van der Waals surface area (Å²) in [4.78, 5) is 12.8. The Balaban J connectivity index is 2.04. The van der Waals surface area contributed by atoms with Gasteiger partial charge in [0.05, 0.1) is 11.6 Å². The number of aromatic amines is 2. The topological polar surface area (TPSA) is 108 Å². The average molecular weight is 262 g/mol. The molecule has 0 unspecified atom stereocenters. The summed E-state index contributed by atoms with van der Waals surface area (Å²) in [5.74, 6) is 0.566. The molecule has 0 aliphatic carbocycles. The maximum atomic E-state index is 4.43. The van der Waals surface area contributed by atoms with Gasteiger partial charge in [-0.2, -0.15) is 15.2 Å². The van der Waals surface area contributed by atoms with Crippen molar-refractivity contribution in [1.82, 2.24) is 35.3 Å². The van der Waals surface area contributed by atoms with E-state index in [1.165, 1.54) is 18.1 Å². The van der Waals surface area contributed by atoms with E-state index >= 15 is 0 Å². The Kier molecular flexibility index (Phi) is 2.81. The third-order valence-electron chi connectivity index (χ3n) is 2.20. The van der Waals surface area contributed by atoms with Crippen LogP contribution in [0.2, 0.25) is 0 Å². The fourth-order valence-electron chi connectivity index (χ4n) is 1.46. The minimum absolute atomic E-state index is 0.566. The first kappa shape index (κ1) is 11.0. The molecule has 3 heterocycles. The molecule has 3 aromatic heterocycles. The van der Waals surface area contributed by atoms with Crippen LogP contribution in [-0.2, 0) is 0 Å². The molecule has 3 rings (SSSR count). The highest BCUT2D eigenvalue weighted by Gasteiger charge is 2.11. The lowest BCUT2D eigenvalue weighted by atomic mass is 10.4. The summed E-state index contributed by atoms with van der Waals surface area (Å²) in [6, 6.07) is 0. The van der Waals surface area contributed by atoms with E-state index in [9.17, 15) is 0 Å². The van der Waals surface area contributed by atoms with E-state index in [-0.39, 0.29) is 0 Å². The molecule has 0 aromatic carbocycles. The van der Waals surface area contributed by atoms with Gasteiger partial charge in [0.2, 0.25) is 5.95 Å². The second kappa shape index (κ2) is 4.61. The molecule has 0 amide bonds. The predicted octanol–water partition coefficient (Wildman–Crippen LogP) is 1.05. The molecule has 0 saturated heterocycles. The zero-order valence-electron chi connectivity index (χ0n) is 9.51. The van der Waals surface area contributed by atoms with Gasteiger partial charge in [-0.3, -0.25) is 10.2 Å². The van der Waals surface area contributed by atoms with Crippen molar-refractivity contribution in [2.45, 2.75) is 17.1 Å². The maximum Gasteiger partial charge on any atom is 0.225 e. The average Bonchev–Trinajstić information content (AvgIpc) is 2.99. The first-order valence-electron chi connectivity index (χ1n) is 5.35. The first-order valence-corrected chi connectivity index (χ1v) is 6.16. The van der Waals surface area contributed by atoms with Crippen molar-refractivity contribution in [1.29, 1.82) is 0 Å². The lowest BCUT2D eigenvalue weighted by molar-refractivity contribution is 0.966. The Morgan fingerprint density at radius 3 is 3.00 bits per heavy atom. The van der Waals surface area contributed by atoms with Crippen molar-refractivity contribution in [3.63, 3.8) is 0 Å². The van der Waals surface area contributed by atoms with Crippen molar-refractivity contribution < 1.29 is 0 Å². The number of nitrogens with one attached hydrogen (secondary N) is 3. The number of hydrogen-bond acceptors (Lipinski definition) is 7. The van der Waals surface area contributed by atoms with Crippen molar-refractivity contribution >= 4 is 28.7 Å². The van der Waals surface area contributed by atoms with E-state index in [1.54, 1.807) is 6.20 Å². The molecule has 0 radical (unpaired) electrons. The van der Waals surface area contributed by atoms with Gasteiger partial charge in [-0.1, -0.05) is 0 Å². The number of fused-ring (bicyclic) bond motifs is 1. The molecule has 9 heteroatoms. The summed E-state index contributed by atoms with van der Waals surface area (Å²) in [6.45, 7) is 2.75. The molecule has 0 atom stereocenters. The SMILES string of the molecule is CCNc1nc(Sc2ncn[nH]2)c2cn[nH]c2n1. The van der Waals surface area contributed by atoms with Crippen LogP contribution in [0.25, 0.3) is 11.0 Å². The predicted molar refractivity (Wildman–Crippen MR) is 66.4 cm³/mol. The van der Waals surface area contributed by atoms with Gasteiger partial charge in [0, 0.05) is 6.54 Å². The van der Waals surface area contributed by atoms with Crippen LogP contribution in [0.5, 0.6) is 0 Å². The number of aromatic nitrogens is 7. The summed E-state index contributed by atoms with van der Waals surface area (Å²) >= 11 is 1.39. The van der Waals surface area contributed by atoms with Crippen molar-refractivity contribution in [2.24, 2.45) is 0 Å². The molecule has 8 nitrogen and oxygen atoms in total. The van der Waals surface area contributed by atoms with Crippen molar-refractivity contribution in [3.8, 4) is 0 Å². The van der Waals surface area contributed by atoms with E-state index in [0.717, 1.165) is 17.0 Å². The summed E-state index contributed by atoms with van der Waals surface area (Å²) in [5, 5.41) is 18.8. The lowest BCUT2D eigenvalue weighted by Crippen LogP contribution is -2.03. The largest absolute Gasteiger partial charge is 0.354 e. The number of rotatable bonds is 4. The molecule has 18 heavy (non-hydrogen) atoms. The minimum Gasteiger partial charge on any atom is -0.354 e. The van der Waals surface area contributed by atoms with Crippen LogP contribution < -0.4 is 5.32 Å². The van der Waals surface area contributed by atoms with Gasteiger partial charge in [-0.05, 0) is 18.7 Å². The number of anilines is 1. The second-order valence-electron chi connectivity index (χ2n) is 3.41. The van der Waals surface area contributed by atoms with Gasteiger partial charge >= 0.3 is 0 Å². The molecule has 3 N–H and O–H groups in total. The molecule has 3 aromatic rings. The van der Waals surface area contributed by atoms with Gasteiger partial charge < -0.3 is 5.32 Å². The van der Waals surface area contributed by atoms with Crippen LogP contribution in [0, 0.1) is 0 Å². The quantitative estimate of drug-likeness (QED) is 0.603. The fourth-order valence-corrected chi connectivity index (χ4v) is 2.23. The Bertz CT molecular complexity index is 646. The summed E-state index contributed by atoms with van der Waals surface area (Å²) in [7, 11) is 0. The van der Waals surface area contributed by atoms with Crippen LogP contribution in [-0.4, -0.2) is 41.9 Å². The van der Waals surface area contributed by atoms with Gasteiger partial charge in [0.25, 0.3) is 0 Å². The Hall–Kier alpha value is -2.16.